The van der Waals surface area contributed by atoms with Crippen molar-refractivity contribution in [3.05, 3.63) is 54.0 Å². The van der Waals surface area contributed by atoms with E-state index in [-0.39, 0.29) is 11.8 Å². The van der Waals surface area contributed by atoms with E-state index in [1.54, 1.807) is 37.1 Å². The molecular weight excluding hydrogens is 421 g/mol. The van der Waals surface area contributed by atoms with E-state index < -0.39 is 26.8 Å². The van der Waals surface area contributed by atoms with Crippen LogP contribution in [0.3, 0.4) is 0 Å². The second-order valence-electron chi connectivity index (χ2n) is 7.57. The molecule has 1 fully saturated rings. The molecule has 1 aromatic carbocycles. The van der Waals surface area contributed by atoms with Crippen LogP contribution in [0.4, 0.5) is 10.2 Å². The summed E-state index contributed by atoms with van der Waals surface area (Å²) in [4.78, 5) is 20.4. The van der Waals surface area contributed by atoms with E-state index >= 15 is 0 Å². The van der Waals surface area contributed by atoms with Crippen molar-refractivity contribution in [2.75, 3.05) is 31.1 Å². The van der Waals surface area contributed by atoms with Gasteiger partial charge in [0.05, 0.1) is 5.56 Å². The number of pyridine rings is 1. The van der Waals surface area contributed by atoms with E-state index in [2.05, 4.69) is 15.8 Å². The largest absolute Gasteiger partial charge is 0.352 e. The Morgan fingerprint density at radius 1 is 1.16 bits per heavy atom. The molecule has 1 aromatic heterocycles. The van der Waals surface area contributed by atoms with Crippen LogP contribution in [0, 0.1) is 23.1 Å². The fraction of sp³-hybridized carbons (Fsp3) is 0.381. The van der Waals surface area contributed by atoms with Crippen LogP contribution >= 0.6 is 0 Å². The lowest BCUT2D eigenvalue weighted by molar-refractivity contribution is -0.134. The number of halogens is 1. The summed E-state index contributed by atoms with van der Waals surface area (Å²) >= 11 is 0. The molecule has 0 aliphatic carbocycles. The number of rotatable bonds is 6. The minimum Gasteiger partial charge on any atom is -0.352 e. The van der Waals surface area contributed by atoms with Crippen molar-refractivity contribution in [2.24, 2.45) is 5.92 Å². The number of nitrogens with zero attached hydrogens (tertiary/aromatic N) is 4. The van der Waals surface area contributed by atoms with Crippen LogP contribution in [-0.4, -0.2) is 56.4 Å². The Morgan fingerprint density at radius 2 is 1.84 bits per heavy atom. The highest BCUT2D eigenvalue weighted by Crippen LogP contribution is 2.20. The first kappa shape index (κ1) is 22.7. The fourth-order valence-electron chi connectivity index (χ4n) is 3.44. The van der Waals surface area contributed by atoms with Crippen LogP contribution in [0.5, 0.6) is 0 Å². The molecule has 1 atom stereocenters. The SMILES string of the molecule is CC(C)[C@H](NS(=O)(=O)c1ccccc1F)C(=O)N1CCN(c2ncccc2C#N)CC1. The van der Waals surface area contributed by atoms with Crippen molar-refractivity contribution in [1.82, 2.24) is 14.6 Å². The van der Waals surface area contributed by atoms with Crippen LogP contribution in [-0.2, 0) is 14.8 Å². The zero-order valence-electron chi connectivity index (χ0n) is 17.3. The molecular formula is C21H24FN5O3S. The third-order valence-electron chi connectivity index (χ3n) is 5.14. The molecule has 1 saturated heterocycles. The predicted molar refractivity (Wildman–Crippen MR) is 113 cm³/mol. The molecule has 0 unspecified atom stereocenters. The van der Waals surface area contributed by atoms with Gasteiger partial charge < -0.3 is 9.80 Å². The highest BCUT2D eigenvalue weighted by atomic mass is 32.2. The van der Waals surface area contributed by atoms with Crippen molar-refractivity contribution >= 4 is 21.7 Å². The Balaban J connectivity index is 1.72. The Morgan fingerprint density at radius 3 is 2.45 bits per heavy atom. The fourth-order valence-corrected chi connectivity index (χ4v) is 4.85. The molecule has 10 heteroatoms. The number of carbonyl (C=O) groups excluding carboxylic acids is 1. The molecule has 8 nitrogen and oxygen atoms in total. The number of carbonyl (C=O) groups is 1. The molecule has 1 N–H and O–H groups in total. The Labute approximate surface area is 181 Å². The highest BCUT2D eigenvalue weighted by Gasteiger charge is 2.34. The third-order valence-corrected chi connectivity index (χ3v) is 6.61. The average Bonchev–Trinajstić information content (AvgIpc) is 2.77. The number of sulfonamides is 1. The number of piperazine rings is 1. The number of anilines is 1. The topological polar surface area (TPSA) is 106 Å². The van der Waals surface area contributed by atoms with Crippen LogP contribution in [0.25, 0.3) is 0 Å². The normalized spacial score (nSPS) is 15.6. The van der Waals surface area contributed by atoms with Gasteiger partial charge in [0, 0.05) is 32.4 Å². The minimum atomic E-state index is -4.21. The maximum absolute atomic E-state index is 14.0. The molecule has 1 aliphatic rings. The molecule has 1 amide bonds. The van der Waals surface area contributed by atoms with Gasteiger partial charge in [-0.15, -0.1) is 0 Å². The smallest absolute Gasteiger partial charge is 0.244 e. The summed E-state index contributed by atoms with van der Waals surface area (Å²) in [6.07, 6.45) is 1.61. The molecule has 1 aliphatic heterocycles. The van der Waals surface area contributed by atoms with Gasteiger partial charge in [0.15, 0.2) is 0 Å². The van der Waals surface area contributed by atoms with Gasteiger partial charge in [0.2, 0.25) is 15.9 Å². The molecule has 0 saturated carbocycles. The van der Waals surface area contributed by atoms with Gasteiger partial charge in [-0.3, -0.25) is 4.79 Å². The summed E-state index contributed by atoms with van der Waals surface area (Å²) in [5.74, 6) is -1.01. The predicted octanol–water partition coefficient (Wildman–Crippen LogP) is 1.74. The number of aromatic nitrogens is 1. The maximum atomic E-state index is 14.0. The van der Waals surface area contributed by atoms with E-state index in [4.69, 9.17) is 0 Å². The molecule has 3 rings (SSSR count). The molecule has 31 heavy (non-hydrogen) atoms. The quantitative estimate of drug-likeness (QED) is 0.726. The summed E-state index contributed by atoms with van der Waals surface area (Å²) in [6.45, 7) is 5.09. The van der Waals surface area contributed by atoms with E-state index in [1.807, 2.05) is 4.90 Å². The van der Waals surface area contributed by atoms with Crippen LogP contribution in [0.2, 0.25) is 0 Å². The van der Waals surface area contributed by atoms with Crippen LogP contribution < -0.4 is 9.62 Å². The van der Waals surface area contributed by atoms with Crippen molar-refractivity contribution in [1.29, 1.82) is 5.26 Å². The Hall–Kier alpha value is -3.03. The Bertz CT molecular complexity index is 1090. The summed E-state index contributed by atoms with van der Waals surface area (Å²) in [6, 6.07) is 9.52. The third kappa shape index (κ3) is 5.00. The number of benzene rings is 1. The minimum absolute atomic E-state index is 0.340. The van der Waals surface area contributed by atoms with Crippen LogP contribution in [0.1, 0.15) is 19.4 Å². The summed E-state index contributed by atoms with van der Waals surface area (Å²) in [5.41, 5.74) is 0.458. The highest BCUT2D eigenvalue weighted by molar-refractivity contribution is 7.89. The van der Waals surface area contributed by atoms with E-state index in [0.29, 0.717) is 37.6 Å². The van der Waals surface area contributed by atoms with Gasteiger partial charge in [-0.25, -0.2) is 17.8 Å². The van der Waals surface area contributed by atoms with Crippen molar-refractivity contribution in [3.63, 3.8) is 0 Å². The second-order valence-corrected chi connectivity index (χ2v) is 9.25. The zero-order chi connectivity index (χ0) is 22.6. The monoisotopic (exact) mass is 445 g/mol. The van der Waals surface area contributed by atoms with Gasteiger partial charge in [-0.05, 0) is 30.2 Å². The first-order valence-corrected chi connectivity index (χ1v) is 11.4. The van der Waals surface area contributed by atoms with Crippen molar-refractivity contribution < 1.29 is 17.6 Å². The number of hydrogen-bond acceptors (Lipinski definition) is 6. The maximum Gasteiger partial charge on any atom is 0.244 e. The molecule has 0 spiro atoms. The number of nitriles is 1. The van der Waals surface area contributed by atoms with E-state index in [1.165, 1.54) is 12.1 Å². The number of amides is 1. The molecule has 0 bridgehead atoms. The summed E-state index contributed by atoms with van der Waals surface area (Å²) in [5, 5.41) is 9.27. The van der Waals surface area contributed by atoms with Crippen molar-refractivity contribution in [3.8, 4) is 6.07 Å². The lowest BCUT2D eigenvalue weighted by Crippen LogP contribution is -2.56. The summed E-state index contributed by atoms with van der Waals surface area (Å²) in [7, 11) is -4.21. The Kier molecular flexibility index (Phi) is 6.87. The standard InChI is InChI=1S/C21H24FN5O3S/c1-15(2)19(25-31(29,30)18-8-4-3-7-17(18)22)21(28)27-12-10-26(11-13-27)20-16(14-23)6-5-9-24-20/h3-9,15,19,25H,10-13H2,1-2H3/t19-/m0/s1. The van der Waals surface area contributed by atoms with Crippen molar-refractivity contribution in [2.45, 2.75) is 24.8 Å². The first-order chi connectivity index (χ1) is 14.7. The lowest BCUT2D eigenvalue weighted by atomic mass is 10.0. The second kappa shape index (κ2) is 9.41. The number of hydrogen-bond donors (Lipinski definition) is 1. The van der Waals surface area contributed by atoms with E-state index in [0.717, 1.165) is 12.1 Å². The van der Waals surface area contributed by atoms with Gasteiger partial charge in [-0.2, -0.15) is 9.98 Å². The average molecular weight is 446 g/mol. The first-order valence-electron chi connectivity index (χ1n) is 9.90. The van der Waals surface area contributed by atoms with Crippen LogP contribution in [0.15, 0.2) is 47.5 Å². The summed E-state index contributed by atoms with van der Waals surface area (Å²) < 4.78 is 41.8. The lowest BCUT2D eigenvalue weighted by Gasteiger charge is -2.37. The molecule has 2 aromatic rings. The van der Waals surface area contributed by atoms with Gasteiger partial charge >= 0.3 is 0 Å². The molecule has 0 radical (unpaired) electrons. The van der Waals surface area contributed by atoms with E-state index in [9.17, 15) is 22.9 Å². The molecule has 2 heterocycles. The van der Waals surface area contributed by atoms with Gasteiger partial charge in [0.25, 0.3) is 0 Å². The zero-order valence-corrected chi connectivity index (χ0v) is 18.1. The van der Waals surface area contributed by atoms with Gasteiger partial charge in [-0.1, -0.05) is 26.0 Å². The molecule has 164 valence electrons. The number of nitrogens with one attached hydrogen (secondary N) is 1. The van der Waals surface area contributed by atoms with Gasteiger partial charge in [0.1, 0.15) is 28.6 Å².